The number of carboxylic acid groups (broad SMARTS) is 1. The van der Waals surface area contributed by atoms with Gasteiger partial charge < -0.3 is 14.4 Å². The highest BCUT2D eigenvalue weighted by molar-refractivity contribution is 7.13. The molecule has 22 heavy (non-hydrogen) atoms. The first-order valence-electron chi connectivity index (χ1n) is 6.73. The Bertz CT molecular complexity index is 838. The lowest BCUT2D eigenvalue weighted by Crippen LogP contribution is -2.06. The van der Waals surface area contributed by atoms with E-state index in [4.69, 9.17) is 9.84 Å². The highest BCUT2D eigenvalue weighted by atomic mass is 32.1. The Morgan fingerprint density at radius 1 is 1.36 bits per heavy atom. The number of ether oxygens (including phenoxy) is 1. The number of carbonyl (C=O) groups is 1. The number of hydrogen-bond acceptors (Lipinski definition) is 5. The van der Waals surface area contributed by atoms with E-state index in [0.29, 0.717) is 18.8 Å². The van der Waals surface area contributed by atoms with Gasteiger partial charge >= 0.3 is 5.97 Å². The summed E-state index contributed by atoms with van der Waals surface area (Å²) in [5, 5.41) is 9.89. The maximum absolute atomic E-state index is 11.2. The number of benzene rings is 1. The minimum Gasteiger partial charge on any atom is -0.477 e. The number of aryl methyl sites for hydroxylation is 1. The van der Waals surface area contributed by atoms with Crippen LogP contribution in [0.1, 0.15) is 26.2 Å². The van der Waals surface area contributed by atoms with E-state index in [9.17, 15) is 4.79 Å². The van der Waals surface area contributed by atoms with Gasteiger partial charge in [0.15, 0.2) is 0 Å². The average Bonchev–Trinajstić information content (AvgIpc) is 3.01. The summed E-state index contributed by atoms with van der Waals surface area (Å²) in [6, 6.07) is 7.82. The van der Waals surface area contributed by atoms with Gasteiger partial charge in [-0.15, -0.1) is 11.3 Å². The lowest BCUT2D eigenvalue weighted by molar-refractivity contribution is 0.0701. The predicted octanol–water partition coefficient (Wildman–Crippen LogP) is 2.69. The van der Waals surface area contributed by atoms with Crippen molar-refractivity contribution in [3.8, 4) is 0 Å². The second kappa shape index (κ2) is 5.86. The minimum absolute atomic E-state index is 0.285. The van der Waals surface area contributed by atoms with Crippen molar-refractivity contribution in [3.05, 3.63) is 45.7 Å². The molecule has 1 N–H and O–H groups in total. The number of thiazole rings is 1. The molecule has 1 aromatic carbocycles. The molecule has 0 radical (unpaired) electrons. The molecule has 0 amide bonds. The van der Waals surface area contributed by atoms with Crippen LogP contribution in [0.2, 0.25) is 0 Å². The summed E-state index contributed by atoms with van der Waals surface area (Å²) in [6.07, 6.45) is 0. The maximum atomic E-state index is 11.2. The Labute approximate surface area is 131 Å². The quantitative estimate of drug-likeness (QED) is 0.783. The zero-order chi connectivity index (χ0) is 15.7. The maximum Gasteiger partial charge on any atom is 0.347 e. The predicted molar refractivity (Wildman–Crippen MR) is 83.4 cm³/mol. The summed E-state index contributed by atoms with van der Waals surface area (Å²) >= 11 is 1.20. The van der Waals surface area contributed by atoms with Crippen LogP contribution >= 0.6 is 11.3 Å². The smallest absolute Gasteiger partial charge is 0.347 e. The Morgan fingerprint density at radius 3 is 2.82 bits per heavy atom. The van der Waals surface area contributed by atoms with Gasteiger partial charge in [-0.2, -0.15) is 0 Å². The van der Waals surface area contributed by atoms with Crippen LogP contribution in [0.5, 0.6) is 0 Å². The van der Waals surface area contributed by atoms with Crippen LogP contribution < -0.4 is 0 Å². The number of hydrogen-bond donors (Lipinski definition) is 1. The second-order valence-corrected chi connectivity index (χ2v) is 5.95. The summed E-state index contributed by atoms with van der Waals surface area (Å²) in [4.78, 5) is 20.4. The van der Waals surface area contributed by atoms with Crippen molar-refractivity contribution in [3.63, 3.8) is 0 Å². The van der Waals surface area contributed by atoms with Gasteiger partial charge in [0.2, 0.25) is 0 Å². The Morgan fingerprint density at radius 2 is 2.14 bits per heavy atom. The standard InChI is InChI=1S/C15H15N3O3S/c1-9-14(15(19)20)22-13(16-9)7-18-11-6-4-3-5-10(11)17-12(18)8-21-2/h3-6H,7-8H2,1-2H3,(H,19,20). The monoisotopic (exact) mass is 317 g/mol. The molecule has 0 fully saturated rings. The van der Waals surface area contributed by atoms with Crippen LogP contribution in [-0.2, 0) is 17.9 Å². The molecule has 0 unspecified atom stereocenters. The topological polar surface area (TPSA) is 77.2 Å². The van der Waals surface area contributed by atoms with Gasteiger partial charge in [-0.05, 0) is 19.1 Å². The first kappa shape index (κ1) is 14.7. The van der Waals surface area contributed by atoms with Crippen molar-refractivity contribution in [2.75, 3.05) is 7.11 Å². The number of fused-ring (bicyclic) bond motifs is 1. The van der Waals surface area contributed by atoms with Crippen LogP contribution in [0, 0.1) is 6.92 Å². The average molecular weight is 317 g/mol. The fourth-order valence-corrected chi connectivity index (χ4v) is 3.29. The van der Waals surface area contributed by atoms with E-state index in [0.717, 1.165) is 21.9 Å². The molecule has 0 aliphatic carbocycles. The molecule has 0 atom stereocenters. The van der Waals surface area contributed by atoms with E-state index in [1.807, 2.05) is 28.8 Å². The van der Waals surface area contributed by atoms with Crippen molar-refractivity contribution < 1.29 is 14.6 Å². The van der Waals surface area contributed by atoms with Gasteiger partial charge in [0.25, 0.3) is 0 Å². The molecule has 0 saturated heterocycles. The fourth-order valence-electron chi connectivity index (χ4n) is 2.39. The van der Waals surface area contributed by atoms with Gasteiger partial charge in [0.05, 0.1) is 23.3 Å². The normalized spacial score (nSPS) is 11.2. The lowest BCUT2D eigenvalue weighted by Gasteiger charge is -2.06. The van der Waals surface area contributed by atoms with Crippen molar-refractivity contribution in [1.82, 2.24) is 14.5 Å². The third-order valence-corrected chi connectivity index (χ3v) is 4.47. The first-order chi connectivity index (χ1) is 10.6. The third-order valence-electron chi connectivity index (χ3n) is 3.34. The summed E-state index contributed by atoms with van der Waals surface area (Å²) in [5.74, 6) is -0.137. The zero-order valence-corrected chi connectivity index (χ0v) is 13.1. The van der Waals surface area contributed by atoms with Crippen LogP contribution in [0.4, 0.5) is 0 Å². The van der Waals surface area contributed by atoms with Crippen LogP contribution in [0.15, 0.2) is 24.3 Å². The van der Waals surface area contributed by atoms with E-state index < -0.39 is 5.97 Å². The van der Waals surface area contributed by atoms with Gasteiger partial charge in [-0.3, -0.25) is 0 Å². The van der Waals surface area contributed by atoms with E-state index in [1.54, 1.807) is 14.0 Å². The van der Waals surface area contributed by atoms with Crippen LogP contribution in [-0.4, -0.2) is 32.7 Å². The van der Waals surface area contributed by atoms with Gasteiger partial charge in [0, 0.05) is 7.11 Å². The van der Waals surface area contributed by atoms with Crippen molar-refractivity contribution in [2.24, 2.45) is 0 Å². The molecule has 0 spiro atoms. The first-order valence-corrected chi connectivity index (χ1v) is 7.54. The zero-order valence-electron chi connectivity index (χ0n) is 12.2. The lowest BCUT2D eigenvalue weighted by atomic mass is 10.3. The highest BCUT2D eigenvalue weighted by Crippen LogP contribution is 2.23. The molecular formula is C15H15N3O3S. The Hall–Kier alpha value is -2.25. The van der Waals surface area contributed by atoms with E-state index in [2.05, 4.69) is 9.97 Å². The molecule has 0 aliphatic rings. The number of para-hydroxylation sites is 2. The number of aromatic carboxylic acids is 1. The fraction of sp³-hybridized carbons (Fsp3) is 0.267. The summed E-state index contributed by atoms with van der Waals surface area (Å²) in [5.41, 5.74) is 2.42. The van der Waals surface area contributed by atoms with Gasteiger partial charge in [-0.1, -0.05) is 12.1 Å². The molecule has 3 aromatic rings. The number of methoxy groups -OCH3 is 1. The molecular weight excluding hydrogens is 302 g/mol. The SMILES string of the molecule is COCc1nc2ccccc2n1Cc1nc(C)c(C(=O)O)s1. The van der Waals surface area contributed by atoms with Crippen LogP contribution in [0.25, 0.3) is 11.0 Å². The molecule has 6 nitrogen and oxygen atoms in total. The largest absolute Gasteiger partial charge is 0.477 e. The Balaban J connectivity index is 2.04. The van der Waals surface area contributed by atoms with Crippen molar-refractivity contribution in [1.29, 1.82) is 0 Å². The third kappa shape index (κ3) is 2.60. The molecule has 2 heterocycles. The Kier molecular flexibility index (Phi) is 3.91. The van der Waals surface area contributed by atoms with Crippen molar-refractivity contribution >= 4 is 28.3 Å². The van der Waals surface area contributed by atoms with E-state index in [1.165, 1.54) is 11.3 Å². The number of rotatable bonds is 5. The second-order valence-electron chi connectivity index (χ2n) is 4.86. The molecule has 3 rings (SSSR count). The van der Waals surface area contributed by atoms with E-state index >= 15 is 0 Å². The van der Waals surface area contributed by atoms with Gasteiger partial charge in [0.1, 0.15) is 22.3 Å². The summed E-state index contributed by atoms with van der Waals surface area (Å²) in [7, 11) is 1.62. The molecule has 7 heteroatoms. The number of carboxylic acids is 1. The number of nitrogens with zero attached hydrogens (tertiary/aromatic N) is 3. The van der Waals surface area contributed by atoms with Gasteiger partial charge in [-0.25, -0.2) is 14.8 Å². The molecule has 0 saturated carbocycles. The van der Waals surface area contributed by atoms with Crippen LogP contribution in [0.3, 0.4) is 0 Å². The highest BCUT2D eigenvalue weighted by Gasteiger charge is 2.16. The number of imidazole rings is 1. The molecule has 114 valence electrons. The minimum atomic E-state index is -0.936. The molecule has 0 bridgehead atoms. The van der Waals surface area contributed by atoms with Crippen molar-refractivity contribution in [2.45, 2.75) is 20.1 Å². The number of aromatic nitrogens is 3. The summed E-state index contributed by atoms with van der Waals surface area (Å²) in [6.45, 7) is 2.59. The summed E-state index contributed by atoms with van der Waals surface area (Å²) < 4.78 is 7.23. The molecule has 0 aliphatic heterocycles. The van der Waals surface area contributed by atoms with E-state index in [-0.39, 0.29) is 4.88 Å². The molecule has 2 aromatic heterocycles.